The summed E-state index contributed by atoms with van der Waals surface area (Å²) in [5.74, 6) is 1.52. The van der Waals surface area contributed by atoms with Crippen LogP contribution >= 0.6 is 0 Å². The number of piperidine rings is 1. The van der Waals surface area contributed by atoms with E-state index in [0.29, 0.717) is 18.1 Å². The van der Waals surface area contributed by atoms with E-state index >= 15 is 0 Å². The number of hydrogen-bond donors (Lipinski definition) is 1. The molecular formula is C17H33NO. The van der Waals surface area contributed by atoms with Gasteiger partial charge in [-0.1, -0.05) is 46.0 Å². The van der Waals surface area contributed by atoms with E-state index in [1.807, 2.05) is 0 Å². The number of hydrogen-bond acceptors (Lipinski definition) is 2. The Morgan fingerprint density at radius 3 is 2.42 bits per heavy atom. The van der Waals surface area contributed by atoms with Crippen LogP contribution in [0.15, 0.2) is 0 Å². The van der Waals surface area contributed by atoms with Crippen LogP contribution in [-0.2, 0) is 4.74 Å². The molecule has 1 aliphatic carbocycles. The van der Waals surface area contributed by atoms with Crippen molar-refractivity contribution < 1.29 is 4.74 Å². The molecule has 0 bridgehead atoms. The van der Waals surface area contributed by atoms with Gasteiger partial charge in [-0.15, -0.1) is 0 Å². The highest BCUT2D eigenvalue weighted by Gasteiger charge is 2.32. The highest BCUT2D eigenvalue weighted by atomic mass is 16.5. The van der Waals surface area contributed by atoms with E-state index in [9.17, 15) is 0 Å². The SMILES string of the molecule is CCC(C)COC(C1CCCCC1)C1CCCCN1. The summed E-state index contributed by atoms with van der Waals surface area (Å²) in [6.45, 7) is 6.73. The van der Waals surface area contributed by atoms with Crippen LogP contribution in [0.25, 0.3) is 0 Å². The topological polar surface area (TPSA) is 21.3 Å². The fourth-order valence-electron chi connectivity index (χ4n) is 3.60. The molecule has 19 heavy (non-hydrogen) atoms. The number of nitrogens with one attached hydrogen (secondary N) is 1. The molecule has 0 spiro atoms. The molecule has 2 heteroatoms. The van der Waals surface area contributed by atoms with Gasteiger partial charge in [0.05, 0.1) is 6.10 Å². The third kappa shape index (κ3) is 4.75. The van der Waals surface area contributed by atoms with E-state index in [1.54, 1.807) is 0 Å². The first kappa shape index (κ1) is 15.3. The second-order valence-electron chi connectivity index (χ2n) is 6.77. The summed E-state index contributed by atoms with van der Waals surface area (Å²) in [5, 5.41) is 3.73. The number of ether oxygens (including phenoxy) is 1. The Labute approximate surface area is 119 Å². The van der Waals surface area contributed by atoms with Crippen LogP contribution in [0, 0.1) is 11.8 Å². The molecule has 2 fully saturated rings. The van der Waals surface area contributed by atoms with E-state index < -0.39 is 0 Å². The van der Waals surface area contributed by atoms with Gasteiger partial charge in [0.1, 0.15) is 0 Å². The summed E-state index contributed by atoms with van der Waals surface area (Å²) >= 11 is 0. The van der Waals surface area contributed by atoms with Crippen LogP contribution in [0.2, 0.25) is 0 Å². The summed E-state index contributed by atoms with van der Waals surface area (Å²) in [6, 6.07) is 0.626. The predicted molar refractivity (Wildman–Crippen MR) is 81.4 cm³/mol. The molecule has 1 saturated carbocycles. The van der Waals surface area contributed by atoms with Crippen molar-refractivity contribution in [3.8, 4) is 0 Å². The maximum Gasteiger partial charge on any atom is 0.0756 e. The zero-order valence-electron chi connectivity index (χ0n) is 13.0. The third-order valence-corrected chi connectivity index (χ3v) is 5.13. The van der Waals surface area contributed by atoms with Gasteiger partial charge >= 0.3 is 0 Å². The monoisotopic (exact) mass is 267 g/mol. The first-order valence-electron chi connectivity index (χ1n) is 8.66. The van der Waals surface area contributed by atoms with Crippen molar-refractivity contribution in [1.29, 1.82) is 0 Å². The zero-order chi connectivity index (χ0) is 13.5. The first-order valence-corrected chi connectivity index (χ1v) is 8.66. The van der Waals surface area contributed by atoms with Gasteiger partial charge in [0.25, 0.3) is 0 Å². The second-order valence-corrected chi connectivity index (χ2v) is 6.77. The Hall–Kier alpha value is -0.0800. The van der Waals surface area contributed by atoms with Crippen LogP contribution in [0.4, 0.5) is 0 Å². The lowest BCUT2D eigenvalue weighted by molar-refractivity contribution is -0.0413. The summed E-state index contributed by atoms with van der Waals surface area (Å²) in [7, 11) is 0. The Morgan fingerprint density at radius 1 is 1.05 bits per heavy atom. The van der Waals surface area contributed by atoms with Gasteiger partial charge in [-0.3, -0.25) is 0 Å². The molecule has 0 aromatic rings. The molecular weight excluding hydrogens is 234 g/mol. The lowest BCUT2D eigenvalue weighted by Crippen LogP contribution is -2.48. The van der Waals surface area contributed by atoms with E-state index in [1.165, 1.54) is 64.3 Å². The standard InChI is InChI=1S/C17H33NO/c1-3-14(2)13-19-17(15-9-5-4-6-10-15)16-11-7-8-12-18-16/h14-18H,3-13H2,1-2H3. The zero-order valence-corrected chi connectivity index (χ0v) is 13.0. The Balaban J connectivity index is 1.90. The van der Waals surface area contributed by atoms with Crippen LogP contribution in [0.5, 0.6) is 0 Å². The predicted octanol–water partition coefficient (Wildman–Crippen LogP) is 4.14. The molecule has 1 saturated heterocycles. The highest BCUT2D eigenvalue weighted by Crippen LogP contribution is 2.31. The minimum atomic E-state index is 0.481. The van der Waals surface area contributed by atoms with Gasteiger partial charge in [-0.25, -0.2) is 0 Å². The normalized spacial score (nSPS) is 29.1. The minimum Gasteiger partial charge on any atom is -0.376 e. The average Bonchev–Trinajstić information content (AvgIpc) is 2.49. The molecule has 1 heterocycles. The molecule has 0 aromatic heterocycles. The van der Waals surface area contributed by atoms with Gasteiger partial charge in [-0.2, -0.15) is 0 Å². The molecule has 0 amide bonds. The Bertz CT molecular complexity index is 213. The fraction of sp³-hybridized carbons (Fsp3) is 1.00. The van der Waals surface area contributed by atoms with E-state index in [-0.39, 0.29) is 0 Å². The third-order valence-electron chi connectivity index (χ3n) is 5.13. The summed E-state index contributed by atoms with van der Waals surface area (Å²) in [4.78, 5) is 0. The molecule has 0 aromatic carbocycles. The maximum absolute atomic E-state index is 6.41. The molecule has 1 aliphatic heterocycles. The summed E-state index contributed by atoms with van der Waals surface area (Å²) < 4.78 is 6.41. The van der Waals surface area contributed by atoms with Crippen LogP contribution in [0.3, 0.4) is 0 Å². The van der Waals surface area contributed by atoms with Gasteiger partial charge < -0.3 is 10.1 Å². The molecule has 2 aliphatic rings. The van der Waals surface area contributed by atoms with Crippen LogP contribution in [0.1, 0.15) is 71.6 Å². The quantitative estimate of drug-likeness (QED) is 0.781. The maximum atomic E-state index is 6.41. The molecule has 2 nitrogen and oxygen atoms in total. The summed E-state index contributed by atoms with van der Waals surface area (Å²) in [5.41, 5.74) is 0. The minimum absolute atomic E-state index is 0.481. The van der Waals surface area contributed by atoms with Gasteiger partial charge in [0.15, 0.2) is 0 Å². The smallest absolute Gasteiger partial charge is 0.0756 e. The molecule has 3 atom stereocenters. The fourth-order valence-corrected chi connectivity index (χ4v) is 3.60. The van der Waals surface area contributed by atoms with Gasteiger partial charge in [-0.05, 0) is 44.1 Å². The Kier molecular flexibility index (Phi) is 6.66. The van der Waals surface area contributed by atoms with Crippen molar-refractivity contribution in [1.82, 2.24) is 5.32 Å². The van der Waals surface area contributed by atoms with Crippen molar-refractivity contribution in [3.63, 3.8) is 0 Å². The molecule has 112 valence electrons. The van der Waals surface area contributed by atoms with Crippen molar-refractivity contribution in [2.75, 3.05) is 13.2 Å². The van der Waals surface area contributed by atoms with Crippen molar-refractivity contribution >= 4 is 0 Å². The molecule has 3 unspecified atom stereocenters. The van der Waals surface area contributed by atoms with E-state index in [2.05, 4.69) is 19.2 Å². The lowest BCUT2D eigenvalue weighted by atomic mass is 9.80. The average molecular weight is 267 g/mol. The van der Waals surface area contributed by atoms with Crippen molar-refractivity contribution in [2.24, 2.45) is 11.8 Å². The molecule has 1 N–H and O–H groups in total. The highest BCUT2D eigenvalue weighted by molar-refractivity contribution is 4.87. The van der Waals surface area contributed by atoms with Crippen LogP contribution < -0.4 is 5.32 Å². The van der Waals surface area contributed by atoms with Crippen molar-refractivity contribution in [3.05, 3.63) is 0 Å². The number of rotatable bonds is 6. The van der Waals surface area contributed by atoms with Crippen molar-refractivity contribution in [2.45, 2.75) is 83.8 Å². The lowest BCUT2D eigenvalue weighted by Gasteiger charge is -2.38. The second kappa shape index (κ2) is 8.26. The van der Waals surface area contributed by atoms with Gasteiger partial charge in [0, 0.05) is 12.6 Å². The first-order chi connectivity index (χ1) is 9.31. The molecule has 0 radical (unpaired) electrons. The Morgan fingerprint density at radius 2 is 1.79 bits per heavy atom. The van der Waals surface area contributed by atoms with Gasteiger partial charge in [0.2, 0.25) is 0 Å². The van der Waals surface area contributed by atoms with E-state index in [4.69, 9.17) is 4.74 Å². The summed E-state index contributed by atoms with van der Waals surface area (Å²) in [6.07, 6.45) is 12.8. The molecule has 2 rings (SSSR count). The van der Waals surface area contributed by atoms with E-state index in [0.717, 1.165) is 12.5 Å². The van der Waals surface area contributed by atoms with Crippen LogP contribution in [-0.4, -0.2) is 25.3 Å². The largest absolute Gasteiger partial charge is 0.376 e.